The minimum atomic E-state index is -0.984. The molecule has 0 radical (unpaired) electrons. The summed E-state index contributed by atoms with van der Waals surface area (Å²) in [5.41, 5.74) is 0.785. The van der Waals surface area contributed by atoms with Crippen LogP contribution in [-0.4, -0.2) is 23.0 Å². The van der Waals surface area contributed by atoms with E-state index in [1.807, 2.05) is 0 Å². The highest BCUT2D eigenvalue weighted by atomic mass is 16.4. The monoisotopic (exact) mass is 289 g/mol. The molecule has 0 aliphatic heterocycles. The van der Waals surface area contributed by atoms with Crippen LogP contribution in [0, 0.1) is 5.92 Å². The number of carbonyl (C=O) groups excluding carboxylic acids is 1. The molecule has 1 aromatic carbocycles. The lowest BCUT2D eigenvalue weighted by Gasteiger charge is -2.29. The zero-order valence-electron chi connectivity index (χ0n) is 12.5. The Balaban J connectivity index is 1.94. The van der Waals surface area contributed by atoms with Crippen molar-refractivity contribution >= 4 is 11.9 Å². The van der Waals surface area contributed by atoms with Gasteiger partial charge in [0.1, 0.15) is 0 Å². The van der Waals surface area contributed by atoms with Crippen molar-refractivity contribution in [2.75, 3.05) is 0 Å². The molecule has 4 heteroatoms. The average molecular weight is 289 g/mol. The first-order chi connectivity index (χ1) is 10.1. The zero-order chi connectivity index (χ0) is 15.2. The van der Waals surface area contributed by atoms with Crippen molar-refractivity contribution < 1.29 is 14.7 Å². The topological polar surface area (TPSA) is 66.4 Å². The van der Waals surface area contributed by atoms with Crippen molar-refractivity contribution in [3.05, 3.63) is 35.4 Å². The Hall–Kier alpha value is -1.84. The number of hydrogen-bond acceptors (Lipinski definition) is 2. The fraction of sp³-hybridized carbons (Fsp3) is 0.529. The molecule has 1 aliphatic carbocycles. The van der Waals surface area contributed by atoms with E-state index in [1.54, 1.807) is 24.3 Å². The van der Waals surface area contributed by atoms with E-state index in [0.717, 1.165) is 25.7 Å². The molecular formula is C17H23NO3. The van der Waals surface area contributed by atoms with Gasteiger partial charge in [-0.2, -0.15) is 0 Å². The maximum atomic E-state index is 12.1. The van der Waals surface area contributed by atoms with Crippen LogP contribution in [0.3, 0.4) is 0 Å². The molecular weight excluding hydrogens is 266 g/mol. The SMILES string of the molecule is CCC1CCCC(NC(=O)Cc2ccccc2C(=O)O)C1. The fourth-order valence-electron chi connectivity index (χ4n) is 3.13. The third-order valence-electron chi connectivity index (χ3n) is 4.32. The van der Waals surface area contributed by atoms with Crippen molar-refractivity contribution in [2.24, 2.45) is 5.92 Å². The van der Waals surface area contributed by atoms with E-state index in [-0.39, 0.29) is 23.9 Å². The van der Waals surface area contributed by atoms with Gasteiger partial charge in [0.25, 0.3) is 0 Å². The van der Waals surface area contributed by atoms with Gasteiger partial charge in [0, 0.05) is 6.04 Å². The minimum Gasteiger partial charge on any atom is -0.478 e. The van der Waals surface area contributed by atoms with E-state index in [1.165, 1.54) is 6.42 Å². The van der Waals surface area contributed by atoms with Gasteiger partial charge >= 0.3 is 5.97 Å². The second-order valence-corrected chi connectivity index (χ2v) is 5.84. The lowest BCUT2D eigenvalue weighted by molar-refractivity contribution is -0.121. The molecule has 0 spiro atoms. The summed E-state index contributed by atoms with van der Waals surface area (Å²) < 4.78 is 0. The fourth-order valence-corrected chi connectivity index (χ4v) is 3.13. The predicted molar refractivity (Wildman–Crippen MR) is 81.3 cm³/mol. The summed E-state index contributed by atoms with van der Waals surface area (Å²) in [6, 6.07) is 6.94. The van der Waals surface area contributed by atoms with Gasteiger partial charge in [0.15, 0.2) is 0 Å². The highest BCUT2D eigenvalue weighted by Gasteiger charge is 2.22. The Morgan fingerprint density at radius 3 is 2.76 bits per heavy atom. The highest BCUT2D eigenvalue weighted by Crippen LogP contribution is 2.26. The number of rotatable bonds is 5. The first kappa shape index (κ1) is 15.5. The van der Waals surface area contributed by atoms with E-state index in [4.69, 9.17) is 5.11 Å². The molecule has 2 N–H and O–H groups in total. The minimum absolute atomic E-state index is 0.0783. The van der Waals surface area contributed by atoms with Gasteiger partial charge in [-0.05, 0) is 30.4 Å². The number of benzene rings is 1. The van der Waals surface area contributed by atoms with Crippen LogP contribution in [0.4, 0.5) is 0 Å². The standard InChI is InChI=1S/C17H23NO3/c1-2-12-6-5-8-14(10-12)18-16(19)11-13-7-3-4-9-15(13)17(20)21/h3-4,7,9,12,14H,2,5-6,8,10-11H2,1H3,(H,18,19)(H,20,21). The molecule has 1 aromatic rings. The van der Waals surface area contributed by atoms with Gasteiger partial charge in [0.2, 0.25) is 5.91 Å². The largest absolute Gasteiger partial charge is 0.478 e. The van der Waals surface area contributed by atoms with Crippen LogP contribution in [0.2, 0.25) is 0 Å². The molecule has 0 heterocycles. The van der Waals surface area contributed by atoms with Crippen molar-refractivity contribution in [3.8, 4) is 0 Å². The highest BCUT2D eigenvalue weighted by molar-refractivity contribution is 5.91. The third-order valence-corrected chi connectivity index (χ3v) is 4.32. The maximum Gasteiger partial charge on any atom is 0.335 e. The lowest BCUT2D eigenvalue weighted by Crippen LogP contribution is -2.39. The molecule has 4 nitrogen and oxygen atoms in total. The molecule has 1 amide bonds. The molecule has 1 saturated carbocycles. The molecule has 0 saturated heterocycles. The zero-order valence-corrected chi connectivity index (χ0v) is 12.5. The van der Waals surface area contributed by atoms with Crippen LogP contribution < -0.4 is 5.32 Å². The van der Waals surface area contributed by atoms with Crippen LogP contribution in [0.15, 0.2) is 24.3 Å². The molecule has 1 aliphatic rings. The smallest absolute Gasteiger partial charge is 0.335 e. The first-order valence-corrected chi connectivity index (χ1v) is 7.70. The summed E-state index contributed by atoms with van der Waals surface area (Å²) in [6.07, 6.45) is 5.79. The normalized spacial score (nSPS) is 21.8. The van der Waals surface area contributed by atoms with E-state index >= 15 is 0 Å². The number of amides is 1. The number of carbonyl (C=O) groups is 2. The van der Waals surface area contributed by atoms with Crippen molar-refractivity contribution in [3.63, 3.8) is 0 Å². The Bertz CT molecular complexity index is 513. The quantitative estimate of drug-likeness (QED) is 0.875. The second kappa shape index (κ2) is 7.25. The van der Waals surface area contributed by atoms with Crippen molar-refractivity contribution in [1.82, 2.24) is 5.32 Å². The number of carboxylic acid groups (broad SMARTS) is 1. The van der Waals surface area contributed by atoms with Gasteiger partial charge in [-0.25, -0.2) is 4.79 Å². The van der Waals surface area contributed by atoms with Crippen LogP contribution in [0.5, 0.6) is 0 Å². The van der Waals surface area contributed by atoms with Crippen LogP contribution in [0.25, 0.3) is 0 Å². The van der Waals surface area contributed by atoms with Gasteiger partial charge in [-0.15, -0.1) is 0 Å². The van der Waals surface area contributed by atoms with E-state index in [0.29, 0.717) is 11.5 Å². The predicted octanol–water partition coefficient (Wildman–Crippen LogP) is 3.01. The van der Waals surface area contributed by atoms with Crippen LogP contribution in [0.1, 0.15) is 54.9 Å². The number of nitrogens with one attached hydrogen (secondary N) is 1. The molecule has 2 rings (SSSR count). The number of hydrogen-bond donors (Lipinski definition) is 2. The Morgan fingerprint density at radius 2 is 2.05 bits per heavy atom. The summed E-state index contributed by atoms with van der Waals surface area (Å²) in [5.74, 6) is -0.358. The molecule has 1 fully saturated rings. The summed E-state index contributed by atoms with van der Waals surface area (Å²) >= 11 is 0. The number of carboxylic acids is 1. The summed E-state index contributed by atoms with van der Waals surface area (Å²) in [7, 11) is 0. The Labute approximate surface area is 125 Å². The molecule has 21 heavy (non-hydrogen) atoms. The maximum absolute atomic E-state index is 12.1. The second-order valence-electron chi connectivity index (χ2n) is 5.84. The lowest BCUT2D eigenvalue weighted by atomic mass is 9.84. The summed E-state index contributed by atoms with van der Waals surface area (Å²) in [5, 5.41) is 12.2. The molecule has 0 aromatic heterocycles. The first-order valence-electron chi connectivity index (χ1n) is 7.70. The van der Waals surface area contributed by atoms with E-state index in [2.05, 4.69) is 12.2 Å². The number of aromatic carboxylic acids is 1. The van der Waals surface area contributed by atoms with Gasteiger partial charge in [0.05, 0.1) is 12.0 Å². The van der Waals surface area contributed by atoms with Gasteiger partial charge < -0.3 is 10.4 Å². The van der Waals surface area contributed by atoms with Crippen molar-refractivity contribution in [1.29, 1.82) is 0 Å². The van der Waals surface area contributed by atoms with E-state index < -0.39 is 5.97 Å². The summed E-state index contributed by atoms with van der Waals surface area (Å²) in [6.45, 7) is 2.19. The molecule has 0 bridgehead atoms. The van der Waals surface area contributed by atoms with Crippen LogP contribution in [-0.2, 0) is 11.2 Å². The molecule has 114 valence electrons. The summed E-state index contributed by atoms with van der Waals surface area (Å²) in [4.78, 5) is 23.3. The Kier molecular flexibility index (Phi) is 5.37. The van der Waals surface area contributed by atoms with Gasteiger partial charge in [-0.3, -0.25) is 4.79 Å². The third kappa shape index (κ3) is 4.31. The average Bonchev–Trinajstić information content (AvgIpc) is 2.47. The molecule has 2 atom stereocenters. The Morgan fingerprint density at radius 1 is 1.29 bits per heavy atom. The van der Waals surface area contributed by atoms with E-state index in [9.17, 15) is 9.59 Å². The van der Waals surface area contributed by atoms with Crippen LogP contribution >= 0.6 is 0 Å². The van der Waals surface area contributed by atoms with Crippen molar-refractivity contribution in [2.45, 2.75) is 51.5 Å². The molecule has 2 unspecified atom stereocenters. The van der Waals surface area contributed by atoms with Gasteiger partial charge in [-0.1, -0.05) is 44.4 Å².